The second-order valence-electron chi connectivity index (χ2n) is 6.16. The summed E-state index contributed by atoms with van der Waals surface area (Å²) >= 11 is 1.56. The van der Waals surface area contributed by atoms with Crippen LogP contribution in [0.1, 0.15) is 24.2 Å². The summed E-state index contributed by atoms with van der Waals surface area (Å²) in [5.74, 6) is -1.15. The van der Waals surface area contributed by atoms with Gasteiger partial charge in [-0.2, -0.15) is 0 Å². The summed E-state index contributed by atoms with van der Waals surface area (Å²) in [6.45, 7) is 3.22. The van der Waals surface area contributed by atoms with Gasteiger partial charge in [0.25, 0.3) is 5.91 Å². The van der Waals surface area contributed by atoms with Gasteiger partial charge in [0.15, 0.2) is 6.61 Å². The molecule has 2 aromatic carbocycles. The molecule has 0 saturated carbocycles. The molecule has 0 heterocycles. The van der Waals surface area contributed by atoms with Gasteiger partial charge in [0.05, 0.1) is 11.3 Å². The van der Waals surface area contributed by atoms with Crippen molar-refractivity contribution in [3.63, 3.8) is 0 Å². The lowest BCUT2D eigenvalue weighted by Crippen LogP contribution is -2.34. The van der Waals surface area contributed by atoms with E-state index in [1.165, 1.54) is 6.07 Å². The van der Waals surface area contributed by atoms with Crippen molar-refractivity contribution in [1.29, 1.82) is 0 Å². The molecule has 2 aromatic rings. The number of amides is 3. The van der Waals surface area contributed by atoms with Crippen molar-refractivity contribution in [3.05, 3.63) is 54.1 Å². The van der Waals surface area contributed by atoms with Crippen LogP contribution in [0.15, 0.2) is 53.4 Å². The van der Waals surface area contributed by atoms with Gasteiger partial charge in [-0.15, -0.1) is 11.8 Å². The molecule has 7 nitrogen and oxygen atoms in total. The van der Waals surface area contributed by atoms with Gasteiger partial charge in [-0.05, 0) is 50.4 Å². The van der Waals surface area contributed by atoms with E-state index in [2.05, 4.69) is 16.0 Å². The van der Waals surface area contributed by atoms with Crippen LogP contribution in [-0.4, -0.2) is 36.8 Å². The lowest BCUT2D eigenvalue weighted by atomic mass is 10.2. The van der Waals surface area contributed by atoms with Crippen molar-refractivity contribution in [2.24, 2.45) is 0 Å². The Labute approximate surface area is 168 Å². The van der Waals surface area contributed by atoms with E-state index in [4.69, 9.17) is 4.74 Å². The second-order valence-corrected chi connectivity index (χ2v) is 7.03. The molecule has 8 heteroatoms. The predicted molar refractivity (Wildman–Crippen MR) is 111 cm³/mol. The van der Waals surface area contributed by atoms with Crippen molar-refractivity contribution < 1.29 is 19.1 Å². The highest BCUT2D eigenvalue weighted by molar-refractivity contribution is 7.98. The topological polar surface area (TPSA) is 96.5 Å². The Morgan fingerprint density at radius 2 is 1.79 bits per heavy atom. The first kappa shape index (κ1) is 21.3. The van der Waals surface area contributed by atoms with E-state index in [1.807, 2.05) is 38.3 Å². The van der Waals surface area contributed by atoms with Crippen molar-refractivity contribution in [3.8, 4) is 0 Å². The molecule has 0 fully saturated rings. The number of para-hydroxylation sites is 1. The minimum atomic E-state index is -0.700. The molecule has 3 amide bonds. The van der Waals surface area contributed by atoms with E-state index in [0.29, 0.717) is 11.4 Å². The molecule has 0 aliphatic carbocycles. The Hall–Kier alpha value is -3.00. The Morgan fingerprint density at radius 1 is 1.04 bits per heavy atom. The Kier molecular flexibility index (Phi) is 7.88. The van der Waals surface area contributed by atoms with Crippen LogP contribution in [-0.2, 0) is 9.53 Å². The Morgan fingerprint density at radius 3 is 2.50 bits per heavy atom. The normalized spacial score (nSPS) is 10.3. The number of rotatable bonds is 7. The number of anilines is 2. The van der Waals surface area contributed by atoms with E-state index < -0.39 is 24.5 Å². The third kappa shape index (κ3) is 6.62. The zero-order valence-electron chi connectivity index (χ0n) is 15.9. The molecule has 2 rings (SSSR count). The average molecular weight is 401 g/mol. The van der Waals surface area contributed by atoms with Gasteiger partial charge >= 0.3 is 12.0 Å². The minimum Gasteiger partial charge on any atom is -0.452 e. The van der Waals surface area contributed by atoms with Crippen LogP contribution < -0.4 is 16.0 Å². The second kappa shape index (κ2) is 10.4. The van der Waals surface area contributed by atoms with E-state index in [1.54, 1.807) is 36.0 Å². The zero-order valence-corrected chi connectivity index (χ0v) is 16.8. The van der Waals surface area contributed by atoms with Crippen molar-refractivity contribution in [2.45, 2.75) is 24.8 Å². The largest absolute Gasteiger partial charge is 0.452 e. The number of nitrogens with one attached hydrogen (secondary N) is 3. The monoisotopic (exact) mass is 401 g/mol. The quantitative estimate of drug-likeness (QED) is 0.485. The van der Waals surface area contributed by atoms with Crippen LogP contribution in [0.25, 0.3) is 0 Å². The van der Waals surface area contributed by atoms with Gasteiger partial charge in [-0.25, -0.2) is 9.59 Å². The van der Waals surface area contributed by atoms with Gasteiger partial charge in [0.2, 0.25) is 0 Å². The molecule has 0 spiro atoms. The number of carbonyl (C=O) groups is 3. The number of esters is 1. The van der Waals surface area contributed by atoms with Gasteiger partial charge in [-0.1, -0.05) is 18.2 Å². The molecule has 0 aliphatic heterocycles. The number of hydrogen-bond acceptors (Lipinski definition) is 5. The fraction of sp³-hybridized carbons (Fsp3) is 0.250. The molecule has 3 N–H and O–H groups in total. The van der Waals surface area contributed by atoms with Gasteiger partial charge in [-0.3, -0.25) is 4.79 Å². The number of carbonyl (C=O) groups excluding carboxylic acids is 3. The van der Waals surface area contributed by atoms with E-state index >= 15 is 0 Å². The molecule has 0 aliphatic rings. The van der Waals surface area contributed by atoms with Crippen molar-refractivity contribution in [1.82, 2.24) is 5.32 Å². The van der Waals surface area contributed by atoms with Gasteiger partial charge in [0.1, 0.15) is 0 Å². The van der Waals surface area contributed by atoms with Gasteiger partial charge in [0, 0.05) is 16.6 Å². The number of hydrogen-bond donors (Lipinski definition) is 3. The van der Waals surface area contributed by atoms with Crippen LogP contribution >= 0.6 is 11.8 Å². The highest BCUT2D eigenvalue weighted by atomic mass is 32.2. The zero-order chi connectivity index (χ0) is 20.5. The number of thioether (sulfide) groups is 1. The Bertz CT molecular complexity index is 855. The summed E-state index contributed by atoms with van der Waals surface area (Å²) < 4.78 is 5.09. The number of urea groups is 1. The predicted octanol–water partition coefficient (Wildman–Crippen LogP) is 3.73. The average Bonchev–Trinajstić information content (AvgIpc) is 2.66. The summed E-state index contributed by atoms with van der Waals surface area (Å²) in [6.07, 6.45) is 1.94. The summed E-state index contributed by atoms with van der Waals surface area (Å²) in [7, 11) is 0. The number of ether oxygens (including phenoxy) is 1. The Balaban J connectivity index is 1.95. The molecule has 0 unspecified atom stereocenters. The lowest BCUT2D eigenvalue weighted by Gasteiger charge is -2.13. The van der Waals surface area contributed by atoms with Crippen LogP contribution in [0.2, 0.25) is 0 Å². The SMILES string of the molecule is CSc1cccc(NC(=O)COC(=O)c2ccccc2NC(=O)NC(C)C)c1. The van der Waals surface area contributed by atoms with E-state index in [-0.39, 0.29) is 11.6 Å². The fourth-order valence-electron chi connectivity index (χ4n) is 2.30. The molecule has 148 valence electrons. The van der Waals surface area contributed by atoms with Crippen molar-refractivity contribution in [2.75, 3.05) is 23.5 Å². The van der Waals surface area contributed by atoms with E-state index in [0.717, 1.165) is 4.90 Å². The summed E-state index contributed by atoms with van der Waals surface area (Å²) in [4.78, 5) is 37.3. The lowest BCUT2D eigenvalue weighted by molar-refractivity contribution is -0.119. The minimum absolute atomic E-state index is 0.0487. The van der Waals surface area contributed by atoms with Crippen LogP contribution in [0.5, 0.6) is 0 Å². The molecule has 0 bridgehead atoms. The first-order valence-electron chi connectivity index (χ1n) is 8.66. The number of benzene rings is 2. The summed E-state index contributed by atoms with van der Waals surface area (Å²) in [6, 6.07) is 13.3. The third-order valence-electron chi connectivity index (χ3n) is 3.50. The summed E-state index contributed by atoms with van der Waals surface area (Å²) in [5.41, 5.74) is 1.10. The molecular weight excluding hydrogens is 378 g/mol. The molecule has 0 atom stereocenters. The maximum atomic E-state index is 12.3. The maximum absolute atomic E-state index is 12.3. The molecule has 0 saturated heterocycles. The van der Waals surface area contributed by atoms with Crippen molar-refractivity contribution >= 4 is 41.0 Å². The standard InChI is InChI=1S/C20H23N3O4S/c1-13(2)21-20(26)23-17-10-5-4-9-16(17)19(25)27-12-18(24)22-14-7-6-8-15(11-14)28-3/h4-11,13H,12H2,1-3H3,(H,22,24)(H2,21,23,26). The molecule has 28 heavy (non-hydrogen) atoms. The summed E-state index contributed by atoms with van der Waals surface area (Å²) in [5, 5.41) is 7.97. The molecule has 0 radical (unpaired) electrons. The van der Waals surface area contributed by atoms with Crippen LogP contribution in [0.4, 0.5) is 16.2 Å². The molecule has 0 aromatic heterocycles. The highest BCUT2D eigenvalue weighted by Gasteiger charge is 2.16. The smallest absolute Gasteiger partial charge is 0.340 e. The fourth-order valence-corrected chi connectivity index (χ4v) is 2.76. The first-order valence-corrected chi connectivity index (χ1v) is 9.89. The van der Waals surface area contributed by atoms with E-state index in [9.17, 15) is 14.4 Å². The molecular formula is C20H23N3O4S. The first-order chi connectivity index (χ1) is 13.4. The van der Waals surface area contributed by atoms with Crippen LogP contribution in [0, 0.1) is 0 Å². The van der Waals surface area contributed by atoms with Gasteiger partial charge < -0.3 is 20.7 Å². The third-order valence-corrected chi connectivity index (χ3v) is 4.23. The van der Waals surface area contributed by atoms with Crippen LogP contribution in [0.3, 0.4) is 0 Å². The maximum Gasteiger partial charge on any atom is 0.340 e. The highest BCUT2D eigenvalue weighted by Crippen LogP contribution is 2.19.